The Morgan fingerprint density at radius 3 is 2.02 bits per heavy atom. The molecule has 0 radical (unpaired) electrons. The largest absolute Gasteiger partial charge is 0.455 e. The van der Waals surface area contributed by atoms with E-state index in [2.05, 4.69) is 10.6 Å². The van der Waals surface area contributed by atoms with E-state index in [1.807, 2.05) is 0 Å². The number of hydrogen-bond donors (Lipinski definition) is 4. The third-order valence-electron chi connectivity index (χ3n) is 16.3. The van der Waals surface area contributed by atoms with Gasteiger partial charge < -0.3 is 54.0 Å². The third-order valence-corrected chi connectivity index (χ3v) is 18.2. The fraction of sp³-hybridized carbons (Fsp3) is 0.390. The highest BCUT2D eigenvalue weighted by Gasteiger charge is 2.78. The molecule has 4 aromatic carbocycles. The van der Waals surface area contributed by atoms with Gasteiger partial charge in [-0.25, -0.2) is 22.8 Å². The summed E-state index contributed by atoms with van der Waals surface area (Å²) in [7, 11) is -3.99. The highest BCUT2D eigenvalue weighted by Crippen LogP contribution is 2.64. The summed E-state index contributed by atoms with van der Waals surface area (Å²) in [5.41, 5.74) is -7.76. The van der Waals surface area contributed by atoms with Gasteiger partial charge in [-0.15, -0.1) is 0 Å². The number of alkyl carbamates (subject to hydrolysis) is 1. The fourth-order valence-corrected chi connectivity index (χ4v) is 13.6. The summed E-state index contributed by atoms with van der Waals surface area (Å²) in [5.74, 6) is -8.84. The van der Waals surface area contributed by atoms with Crippen LogP contribution >= 0.6 is 0 Å². The zero-order valence-electron chi connectivity index (χ0n) is 44.9. The van der Waals surface area contributed by atoms with Gasteiger partial charge in [0.2, 0.25) is 15.9 Å². The van der Waals surface area contributed by atoms with Crippen LogP contribution in [0.3, 0.4) is 0 Å². The number of aliphatic hydroxyl groups excluding tert-OH is 1. The minimum atomic E-state index is -3.99. The second-order valence-corrected chi connectivity index (χ2v) is 23.4. The van der Waals surface area contributed by atoms with Crippen molar-refractivity contribution in [2.75, 3.05) is 19.8 Å². The number of hydrogen-bond acceptors (Lipinski definition) is 19. The Kier molecular flexibility index (Phi) is 15.7. The van der Waals surface area contributed by atoms with Crippen LogP contribution in [0.5, 0.6) is 0 Å². The number of esters is 5. The molecule has 0 unspecified atom stereocenters. The first kappa shape index (κ1) is 57.6. The molecule has 1 saturated heterocycles. The maximum absolute atomic E-state index is 15.8. The Bertz CT molecular complexity index is 3370. The number of benzene rings is 4. The number of aliphatic hydroxyl groups is 2. The monoisotopic (exact) mass is 1130 g/mol. The van der Waals surface area contributed by atoms with Crippen molar-refractivity contribution in [1.29, 1.82) is 0 Å². The van der Waals surface area contributed by atoms with Crippen LogP contribution in [0, 0.1) is 16.7 Å². The van der Waals surface area contributed by atoms with Gasteiger partial charge in [-0.1, -0.05) is 98.8 Å². The molecular formula is C59H60N2O19S. The molecular weight excluding hydrogens is 1070 g/mol. The molecule has 426 valence electrons. The van der Waals surface area contributed by atoms with E-state index in [1.54, 1.807) is 72.8 Å². The number of sulfone groups is 1. The molecule has 81 heavy (non-hydrogen) atoms. The fourth-order valence-electron chi connectivity index (χ4n) is 12.2. The molecule has 0 aromatic heterocycles. The van der Waals surface area contributed by atoms with Gasteiger partial charge in [0.25, 0.3) is 5.91 Å². The van der Waals surface area contributed by atoms with E-state index in [0.29, 0.717) is 5.56 Å². The molecule has 2 saturated carbocycles. The van der Waals surface area contributed by atoms with Gasteiger partial charge in [0.15, 0.2) is 17.5 Å². The van der Waals surface area contributed by atoms with Gasteiger partial charge in [-0.2, -0.15) is 0 Å². The molecule has 3 aliphatic carbocycles. The lowest BCUT2D eigenvalue weighted by atomic mass is 9.44. The van der Waals surface area contributed by atoms with Crippen molar-refractivity contribution in [3.05, 3.63) is 154 Å². The summed E-state index contributed by atoms with van der Waals surface area (Å²) in [4.78, 5) is 113. The summed E-state index contributed by atoms with van der Waals surface area (Å²) in [5, 5.41) is 31.2. The predicted octanol–water partition coefficient (Wildman–Crippen LogP) is 4.84. The molecule has 2 bridgehead atoms. The van der Waals surface area contributed by atoms with E-state index < -0.39 is 154 Å². The summed E-state index contributed by atoms with van der Waals surface area (Å²) in [6, 6.07) is 27.9. The number of amides is 2. The lowest BCUT2D eigenvalue weighted by Gasteiger charge is -2.67. The van der Waals surface area contributed by atoms with Crippen molar-refractivity contribution in [1.82, 2.24) is 10.6 Å². The standard InChI is InChI=1S/C59H60N2O19S/c1-32-40(28-59(71)51(79-53(68)37-22-14-9-15-23-37)49-57(6,42(64)27-43-58(49,31-75-43)80-34(3)63)50(66)47(76-33(2)62)45(32)56(59,4)5)77-54(69)48(46(35-18-10-7-11-19-35)61-52(67)36-20-12-8-13-21-36)78-44(65)29-60-55(70)74-30-39-26-38-24-16-17-25-41(38)81(39,72)73/h7-26,40,42-43,46-49,51,64,71H,27-31H2,1-6H3,(H,60,70)(H,61,67)/t40-,42-,43+,46-,47+,48+,49-,51-,57+,58-,59+/m0/s1. The lowest BCUT2D eigenvalue weighted by Crippen LogP contribution is -2.82. The normalized spacial score (nSPS) is 28.1. The van der Waals surface area contributed by atoms with Crippen LogP contribution in [0.4, 0.5) is 4.79 Å². The minimum absolute atomic E-state index is 0.00105. The molecule has 3 fully saturated rings. The summed E-state index contributed by atoms with van der Waals surface area (Å²) in [6.45, 7) is 5.88. The Hall–Kier alpha value is -8.05. The highest BCUT2D eigenvalue weighted by atomic mass is 32.2. The van der Waals surface area contributed by atoms with Crippen molar-refractivity contribution in [3.63, 3.8) is 0 Å². The van der Waals surface area contributed by atoms with Crippen molar-refractivity contribution in [2.45, 2.75) is 113 Å². The number of fused-ring (bicyclic) bond motifs is 6. The lowest BCUT2D eigenvalue weighted by molar-refractivity contribution is -0.346. The van der Waals surface area contributed by atoms with Gasteiger partial charge in [0.1, 0.15) is 43.1 Å². The van der Waals surface area contributed by atoms with Crippen molar-refractivity contribution < 1.29 is 90.1 Å². The molecule has 22 heteroatoms. The molecule has 9 rings (SSSR count). The highest BCUT2D eigenvalue weighted by molar-refractivity contribution is 7.95. The molecule has 21 nitrogen and oxygen atoms in total. The third kappa shape index (κ3) is 10.4. The SMILES string of the molecule is CC(=O)O[C@H]1C(=O)[C@@]2(C)[C@H]([C@H](OC(=O)c3ccccc3)[C@]3(O)C[C@H](OC(=O)[C@H](OC(=O)CNC(=O)OCC4=Cc5ccccc5S4(=O)=O)[C@@H](NC(=O)c4ccccc4)c4ccccc4)C(C)=C1C3(C)C)[C@]1(OC(C)=O)CO[C@@H]1C[C@@H]2O. The zero-order valence-corrected chi connectivity index (χ0v) is 45.8. The summed E-state index contributed by atoms with van der Waals surface area (Å²) in [6.07, 6.45) is -11.4. The van der Waals surface area contributed by atoms with Crippen LogP contribution < -0.4 is 10.6 Å². The molecule has 2 aliphatic heterocycles. The Balaban J connectivity index is 1.12. The van der Waals surface area contributed by atoms with E-state index in [1.165, 1.54) is 76.2 Å². The molecule has 0 spiro atoms. The van der Waals surface area contributed by atoms with Gasteiger partial charge in [-0.3, -0.25) is 24.0 Å². The summed E-state index contributed by atoms with van der Waals surface area (Å²) < 4.78 is 68.1. The Morgan fingerprint density at radius 2 is 1.42 bits per heavy atom. The molecule has 4 aromatic rings. The quantitative estimate of drug-likeness (QED) is 0.0703. The average Bonchev–Trinajstić information content (AvgIpc) is 3.01. The van der Waals surface area contributed by atoms with Gasteiger partial charge in [-0.05, 0) is 72.5 Å². The molecule has 2 heterocycles. The number of ketones is 1. The molecule has 4 N–H and O–H groups in total. The van der Waals surface area contributed by atoms with Crippen LogP contribution in [0.2, 0.25) is 0 Å². The number of carbonyl (C=O) groups excluding carboxylic acids is 8. The first-order chi connectivity index (χ1) is 38.3. The van der Waals surface area contributed by atoms with Gasteiger partial charge in [0.05, 0.1) is 39.4 Å². The zero-order chi connectivity index (χ0) is 58.4. The average molecular weight is 1130 g/mol. The van der Waals surface area contributed by atoms with E-state index >= 15 is 9.59 Å². The second-order valence-electron chi connectivity index (χ2n) is 21.4. The topological polar surface area (TPSA) is 300 Å². The predicted molar refractivity (Wildman–Crippen MR) is 283 cm³/mol. The van der Waals surface area contributed by atoms with Crippen LogP contribution in [0.25, 0.3) is 6.08 Å². The van der Waals surface area contributed by atoms with Crippen LogP contribution in [-0.4, -0.2) is 134 Å². The first-order valence-electron chi connectivity index (χ1n) is 26.0. The van der Waals surface area contributed by atoms with Crippen LogP contribution in [-0.2, 0) is 67.0 Å². The van der Waals surface area contributed by atoms with Crippen LogP contribution in [0.15, 0.2) is 136 Å². The van der Waals surface area contributed by atoms with E-state index in [4.69, 9.17) is 33.2 Å². The number of nitrogens with one attached hydrogen (secondary N) is 2. The van der Waals surface area contributed by atoms with Crippen molar-refractivity contribution in [2.24, 2.45) is 16.7 Å². The second kappa shape index (κ2) is 22.1. The summed E-state index contributed by atoms with van der Waals surface area (Å²) >= 11 is 0. The van der Waals surface area contributed by atoms with Crippen molar-refractivity contribution in [3.8, 4) is 0 Å². The van der Waals surface area contributed by atoms with E-state index in [-0.39, 0.29) is 44.1 Å². The number of rotatable bonds is 15. The molecule has 2 amide bonds. The first-order valence-corrected chi connectivity index (χ1v) is 27.5. The minimum Gasteiger partial charge on any atom is -0.455 e. The smallest absolute Gasteiger partial charge is 0.407 e. The Morgan fingerprint density at radius 1 is 0.802 bits per heavy atom. The molecule has 11 atom stereocenters. The molecule has 5 aliphatic rings. The number of Topliss-reactive ketones (excluding diaryl/α,β-unsaturated/α-hetero) is 1. The van der Waals surface area contributed by atoms with Gasteiger partial charge in [0, 0.05) is 37.7 Å². The Labute approximate surface area is 465 Å². The van der Waals surface area contributed by atoms with Crippen molar-refractivity contribution >= 4 is 63.5 Å². The number of carbonyl (C=O) groups is 8. The number of ether oxygens (including phenoxy) is 7. The van der Waals surface area contributed by atoms with Crippen LogP contribution in [0.1, 0.15) is 92.3 Å². The maximum Gasteiger partial charge on any atom is 0.407 e. The van der Waals surface area contributed by atoms with E-state index in [9.17, 15) is 47.4 Å². The maximum atomic E-state index is 15.8. The van der Waals surface area contributed by atoms with Gasteiger partial charge >= 0.3 is 35.9 Å². The van der Waals surface area contributed by atoms with E-state index in [0.717, 1.165) is 13.8 Å².